The summed E-state index contributed by atoms with van der Waals surface area (Å²) < 4.78 is 17.4. The Morgan fingerprint density at radius 2 is 1.42 bits per heavy atom. The van der Waals surface area contributed by atoms with E-state index in [-0.39, 0.29) is 6.10 Å². The minimum Gasteiger partial charge on any atom is -0.379 e. The van der Waals surface area contributed by atoms with Crippen molar-refractivity contribution in [3.8, 4) is 0 Å². The highest BCUT2D eigenvalue weighted by atomic mass is 32.2. The second kappa shape index (κ2) is 22.0. The fraction of sp³-hybridized carbons (Fsp3) is 0.742. The van der Waals surface area contributed by atoms with Gasteiger partial charge in [0.15, 0.2) is 0 Å². The monoisotopic (exact) mass is 519 g/mol. The minimum absolute atomic E-state index is 0.00779. The molecular formula is C31H53NO3S. The zero-order valence-electron chi connectivity index (χ0n) is 23.3. The molecule has 0 fully saturated rings. The van der Waals surface area contributed by atoms with Crippen molar-refractivity contribution in [2.24, 2.45) is 0 Å². The third-order valence-electron chi connectivity index (χ3n) is 6.84. The Bertz CT molecular complexity index is 669. The Morgan fingerprint density at radius 3 is 2.03 bits per heavy atom. The lowest BCUT2D eigenvalue weighted by Gasteiger charge is -2.17. The molecule has 5 heteroatoms. The van der Waals surface area contributed by atoms with E-state index in [1.807, 2.05) is 11.8 Å². The summed E-state index contributed by atoms with van der Waals surface area (Å²) in [5, 5.41) is 2.15. The lowest BCUT2D eigenvalue weighted by atomic mass is 10.0. The molecule has 1 aromatic carbocycles. The molecule has 1 aliphatic rings. The maximum Gasteiger partial charge on any atom is 0.104 e. The molecule has 0 spiro atoms. The number of unbranched alkanes of at least 4 members (excludes halogenated alkanes) is 13. The van der Waals surface area contributed by atoms with E-state index in [2.05, 4.69) is 47.7 Å². The van der Waals surface area contributed by atoms with E-state index in [0.717, 1.165) is 25.4 Å². The van der Waals surface area contributed by atoms with Gasteiger partial charge in [-0.05, 0) is 23.0 Å². The number of methoxy groups -OCH3 is 1. The molecule has 0 radical (unpaired) electrons. The van der Waals surface area contributed by atoms with Crippen LogP contribution < -0.4 is 0 Å². The molecule has 206 valence electrons. The molecular weight excluding hydrogens is 466 g/mol. The zero-order valence-corrected chi connectivity index (χ0v) is 24.1. The van der Waals surface area contributed by atoms with Gasteiger partial charge < -0.3 is 19.1 Å². The molecule has 36 heavy (non-hydrogen) atoms. The topological polar surface area (TPSA) is 30.9 Å². The van der Waals surface area contributed by atoms with E-state index in [9.17, 15) is 0 Å². The fourth-order valence-electron chi connectivity index (χ4n) is 4.57. The predicted molar refractivity (Wildman–Crippen MR) is 155 cm³/mol. The van der Waals surface area contributed by atoms with Crippen molar-refractivity contribution in [3.05, 3.63) is 47.0 Å². The number of rotatable bonds is 24. The van der Waals surface area contributed by atoms with E-state index in [1.165, 1.54) is 94.6 Å². The van der Waals surface area contributed by atoms with Crippen LogP contribution in [-0.4, -0.2) is 43.8 Å². The molecule has 0 saturated carbocycles. The van der Waals surface area contributed by atoms with Crippen LogP contribution in [0.2, 0.25) is 0 Å². The van der Waals surface area contributed by atoms with E-state index >= 15 is 0 Å². The molecule has 2 rings (SSSR count). The van der Waals surface area contributed by atoms with Crippen LogP contribution in [0.25, 0.3) is 0 Å². The van der Waals surface area contributed by atoms with Crippen LogP contribution in [0.15, 0.2) is 35.9 Å². The number of hydrogen-bond acceptors (Lipinski definition) is 5. The highest BCUT2D eigenvalue weighted by molar-refractivity contribution is 8.02. The summed E-state index contributed by atoms with van der Waals surface area (Å²) in [6.07, 6.45) is 21.5. The van der Waals surface area contributed by atoms with Gasteiger partial charge in [0.25, 0.3) is 0 Å². The van der Waals surface area contributed by atoms with Gasteiger partial charge in [0.05, 0.1) is 25.7 Å². The van der Waals surface area contributed by atoms with Gasteiger partial charge in [0.1, 0.15) is 6.10 Å². The minimum atomic E-state index is -0.00779. The Morgan fingerprint density at radius 1 is 0.806 bits per heavy atom. The van der Waals surface area contributed by atoms with Crippen molar-refractivity contribution in [3.63, 3.8) is 0 Å². The first-order valence-corrected chi connectivity index (χ1v) is 15.6. The lowest BCUT2D eigenvalue weighted by molar-refractivity contribution is -0.0451. The third kappa shape index (κ3) is 16.0. The average Bonchev–Trinajstić information content (AvgIpc) is 3.40. The molecule has 4 nitrogen and oxygen atoms in total. The van der Waals surface area contributed by atoms with E-state index in [1.54, 1.807) is 7.11 Å². The molecule has 1 heterocycles. The maximum atomic E-state index is 5.94. The van der Waals surface area contributed by atoms with Gasteiger partial charge >= 0.3 is 0 Å². The van der Waals surface area contributed by atoms with Crippen LogP contribution in [0, 0.1) is 0 Å². The van der Waals surface area contributed by atoms with Crippen LogP contribution in [-0.2, 0) is 27.4 Å². The summed E-state index contributed by atoms with van der Waals surface area (Å²) in [5.74, 6) is 1.04. The summed E-state index contributed by atoms with van der Waals surface area (Å²) in [6, 6.07) is 8.68. The van der Waals surface area contributed by atoms with Crippen molar-refractivity contribution >= 4 is 11.8 Å². The largest absolute Gasteiger partial charge is 0.379 e. The summed E-state index contributed by atoms with van der Waals surface area (Å²) >= 11 is 1.84. The Balaban J connectivity index is 1.38. The maximum absolute atomic E-state index is 5.94. The number of benzene rings is 1. The highest BCUT2D eigenvalue weighted by Gasteiger charge is 2.09. The van der Waals surface area contributed by atoms with Crippen molar-refractivity contribution in [2.75, 3.05) is 32.8 Å². The summed E-state index contributed by atoms with van der Waals surface area (Å²) in [4.78, 5) is 2.32. The van der Waals surface area contributed by atoms with Crippen molar-refractivity contribution in [2.45, 2.75) is 116 Å². The standard InChI is InChI=1S/C31H53NO3S/c1-3-4-5-6-7-8-9-10-11-12-13-14-15-16-21-34-26-31(33-2)27-35-25-30-19-17-18-29(23-30)24-32-20-22-36-28-32/h17-20,22-23,31H,3-16,21,24-28H2,1-2H3. The summed E-state index contributed by atoms with van der Waals surface area (Å²) in [5.41, 5.74) is 2.53. The van der Waals surface area contributed by atoms with E-state index in [0.29, 0.717) is 19.8 Å². The molecule has 1 aromatic rings. The van der Waals surface area contributed by atoms with Gasteiger partial charge in [0.2, 0.25) is 0 Å². The lowest BCUT2D eigenvalue weighted by Crippen LogP contribution is -2.24. The van der Waals surface area contributed by atoms with Gasteiger partial charge in [-0.15, -0.1) is 11.8 Å². The Labute approximate surface area is 226 Å². The Hall–Kier alpha value is -1.01. The van der Waals surface area contributed by atoms with Gasteiger partial charge in [0, 0.05) is 26.5 Å². The number of nitrogens with zero attached hydrogens (tertiary/aromatic N) is 1. The SMILES string of the molecule is CCCCCCCCCCCCCCCCOCC(COCc1cccc(CN2C=CSC2)c1)OC. The van der Waals surface area contributed by atoms with Crippen LogP contribution in [0.5, 0.6) is 0 Å². The second-order valence-electron chi connectivity index (χ2n) is 10.2. The highest BCUT2D eigenvalue weighted by Crippen LogP contribution is 2.19. The van der Waals surface area contributed by atoms with Crippen LogP contribution in [0.3, 0.4) is 0 Å². The first kappa shape index (κ1) is 31.2. The van der Waals surface area contributed by atoms with Crippen LogP contribution >= 0.6 is 11.8 Å². The van der Waals surface area contributed by atoms with Crippen LogP contribution in [0.4, 0.5) is 0 Å². The van der Waals surface area contributed by atoms with Crippen molar-refractivity contribution in [1.82, 2.24) is 4.90 Å². The Kier molecular flexibility index (Phi) is 19.1. The van der Waals surface area contributed by atoms with Gasteiger partial charge in [-0.2, -0.15) is 0 Å². The van der Waals surface area contributed by atoms with Crippen LogP contribution in [0.1, 0.15) is 108 Å². The molecule has 0 saturated heterocycles. The first-order valence-electron chi connectivity index (χ1n) is 14.6. The van der Waals surface area contributed by atoms with Gasteiger partial charge in [-0.1, -0.05) is 115 Å². The molecule has 1 unspecified atom stereocenters. The van der Waals surface area contributed by atoms with Crippen molar-refractivity contribution < 1.29 is 14.2 Å². The van der Waals surface area contributed by atoms with Crippen molar-refractivity contribution in [1.29, 1.82) is 0 Å². The normalized spacial score (nSPS) is 14.1. The molecule has 0 N–H and O–H groups in total. The van der Waals surface area contributed by atoms with Gasteiger partial charge in [-0.25, -0.2) is 0 Å². The molecule has 1 atom stereocenters. The fourth-order valence-corrected chi connectivity index (χ4v) is 5.28. The number of ether oxygens (including phenoxy) is 3. The molecule has 0 bridgehead atoms. The van der Waals surface area contributed by atoms with E-state index < -0.39 is 0 Å². The molecule has 0 aromatic heterocycles. The van der Waals surface area contributed by atoms with Gasteiger partial charge in [-0.3, -0.25) is 0 Å². The summed E-state index contributed by atoms with van der Waals surface area (Å²) in [6.45, 7) is 5.83. The first-order chi connectivity index (χ1) is 17.8. The average molecular weight is 520 g/mol. The zero-order chi connectivity index (χ0) is 25.5. The number of thioether (sulfide) groups is 1. The number of hydrogen-bond donors (Lipinski definition) is 0. The molecule has 1 aliphatic heterocycles. The summed E-state index contributed by atoms with van der Waals surface area (Å²) in [7, 11) is 1.74. The molecule has 0 amide bonds. The second-order valence-corrected chi connectivity index (χ2v) is 11.1. The molecule has 0 aliphatic carbocycles. The van der Waals surface area contributed by atoms with E-state index in [4.69, 9.17) is 14.2 Å². The third-order valence-corrected chi connectivity index (χ3v) is 7.63. The predicted octanol–water partition coefficient (Wildman–Crippen LogP) is 8.69. The smallest absolute Gasteiger partial charge is 0.104 e. The quantitative estimate of drug-likeness (QED) is 0.127.